The predicted molar refractivity (Wildman–Crippen MR) is 162 cm³/mol. The first-order chi connectivity index (χ1) is 20.8. The molecular formula is C34H29F3N6. The van der Waals surface area contributed by atoms with Crippen LogP contribution in [-0.2, 0) is 19.3 Å². The van der Waals surface area contributed by atoms with Crippen molar-refractivity contribution in [1.82, 2.24) is 24.7 Å². The average Bonchev–Trinajstić information content (AvgIpc) is 3.41. The molecule has 3 heterocycles. The Hall–Kier alpha value is -5.02. The quantitative estimate of drug-likeness (QED) is 0.182. The SMILES string of the molecule is C[C@H](Nc1nccc(-c2c(-c3cccc(C(F)(F)F)c3)nc3ccc(CNCc4ccccc4)cn23)n1)c1ccccc1. The molecule has 6 aromatic rings. The van der Waals surface area contributed by atoms with Gasteiger partial charge in [0.05, 0.1) is 28.7 Å². The Kier molecular flexibility index (Phi) is 7.89. The fourth-order valence-electron chi connectivity index (χ4n) is 5.01. The van der Waals surface area contributed by atoms with Gasteiger partial charge >= 0.3 is 6.18 Å². The van der Waals surface area contributed by atoms with Gasteiger partial charge in [-0.1, -0.05) is 78.9 Å². The van der Waals surface area contributed by atoms with Gasteiger partial charge in [0, 0.05) is 31.0 Å². The molecule has 43 heavy (non-hydrogen) atoms. The summed E-state index contributed by atoms with van der Waals surface area (Å²) >= 11 is 0. The number of rotatable bonds is 9. The zero-order valence-electron chi connectivity index (χ0n) is 23.4. The maximum absolute atomic E-state index is 13.7. The van der Waals surface area contributed by atoms with Crippen LogP contribution in [-0.4, -0.2) is 19.4 Å². The normalized spacial score (nSPS) is 12.4. The third kappa shape index (κ3) is 6.42. The molecule has 0 radical (unpaired) electrons. The van der Waals surface area contributed by atoms with Crippen molar-refractivity contribution in [3.8, 4) is 22.6 Å². The standard InChI is InChI=1S/C34H29F3N6/c1-23(26-11-6-3-7-12-26)40-33-39-18-17-29(41-33)32-31(27-13-8-14-28(19-27)34(35,36)37)42-30-16-15-25(22-43(30)32)21-38-20-24-9-4-2-5-10-24/h2-19,22-23,38H,20-21H2,1H3,(H,39,40,41)/t23-/m0/s1. The molecule has 0 aliphatic carbocycles. The van der Waals surface area contributed by atoms with Gasteiger partial charge in [0.1, 0.15) is 5.65 Å². The zero-order chi connectivity index (χ0) is 29.8. The minimum atomic E-state index is -4.48. The Morgan fingerprint density at radius 1 is 0.791 bits per heavy atom. The van der Waals surface area contributed by atoms with Gasteiger partial charge in [0.2, 0.25) is 5.95 Å². The van der Waals surface area contributed by atoms with E-state index >= 15 is 0 Å². The van der Waals surface area contributed by atoms with E-state index in [2.05, 4.69) is 27.8 Å². The van der Waals surface area contributed by atoms with Gasteiger partial charge in [-0.25, -0.2) is 15.0 Å². The number of alkyl halides is 3. The molecule has 6 nitrogen and oxygen atoms in total. The number of nitrogens with zero attached hydrogens (tertiary/aromatic N) is 4. The van der Waals surface area contributed by atoms with Crippen LogP contribution in [0.5, 0.6) is 0 Å². The zero-order valence-corrected chi connectivity index (χ0v) is 23.4. The summed E-state index contributed by atoms with van der Waals surface area (Å²) in [5, 5.41) is 6.80. The lowest BCUT2D eigenvalue weighted by Gasteiger charge is -2.15. The van der Waals surface area contributed by atoms with E-state index in [0.717, 1.165) is 23.3 Å². The molecule has 0 unspecified atom stereocenters. The summed E-state index contributed by atoms with van der Waals surface area (Å²) in [5.74, 6) is 0.402. The van der Waals surface area contributed by atoms with Crippen LogP contribution < -0.4 is 10.6 Å². The van der Waals surface area contributed by atoms with Crippen molar-refractivity contribution >= 4 is 11.6 Å². The molecule has 2 N–H and O–H groups in total. The molecule has 0 saturated heterocycles. The molecule has 0 fully saturated rings. The number of pyridine rings is 1. The van der Waals surface area contributed by atoms with E-state index < -0.39 is 11.7 Å². The van der Waals surface area contributed by atoms with Gasteiger partial charge in [0.15, 0.2) is 0 Å². The molecule has 0 aliphatic heterocycles. The molecule has 9 heteroatoms. The maximum Gasteiger partial charge on any atom is 0.416 e. The van der Waals surface area contributed by atoms with E-state index in [1.165, 1.54) is 11.6 Å². The van der Waals surface area contributed by atoms with E-state index in [1.54, 1.807) is 18.3 Å². The lowest BCUT2D eigenvalue weighted by molar-refractivity contribution is -0.137. The summed E-state index contributed by atoms with van der Waals surface area (Å²) in [4.78, 5) is 14.0. The number of benzene rings is 3. The number of aromatic nitrogens is 4. The van der Waals surface area contributed by atoms with Crippen LogP contribution in [0.2, 0.25) is 0 Å². The smallest absolute Gasteiger partial charge is 0.348 e. The van der Waals surface area contributed by atoms with Crippen LogP contribution in [0.3, 0.4) is 0 Å². The highest BCUT2D eigenvalue weighted by Crippen LogP contribution is 2.36. The molecule has 0 aliphatic rings. The van der Waals surface area contributed by atoms with Gasteiger partial charge in [-0.2, -0.15) is 13.2 Å². The average molecular weight is 579 g/mol. The van der Waals surface area contributed by atoms with E-state index in [1.807, 2.05) is 78.2 Å². The highest BCUT2D eigenvalue weighted by molar-refractivity contribution is 5.81. The Labute approximate surface area is 247 Å². The van der Waals surface area contributed by atoms with Crippen LogP contribution >= 0.6 is 0 Å². The number of hydrogen-bond donors (Lipinski definition) is 2. The molecule has 0 spiro atoms. The second kappa shape index (κ2) is 12.1. The van der Waals surface area contributed by atoms with Gasteiger partial charge in [-0.15, -0.1) is 0 Å². The van der Waals surface area contributed by atoms with Crippen molar-refractivity contribution in [2.45, 2.75) is 32.2 Å². The van der Waals surface area contributed by atoms with Crippen molar-refractivity contribution in [3.05, 3.63) is 138 Å². The number of anilines is 1. The Balaban J connectivity index is 1.40. The molecule has 216 valence electrons. The Morgan fingerprint density at radius 3 is 2.30 bits per heavy atom. The van der Waals surface area contributed by atoms with E-state index in [0.29, 0.717) is 47.3 Å². The second-order valence-corrected chi connectivity index (χ2v) is 10.3. The topological polar surface area (TPSA) is 67.1 Å². The molecule has 6 rings (SSSR count). The van der Waals surface area contributed by atoms with Gasteiger partial charge in [0.25, 0.3) is 0 Å². The number of hydrogen-bond acceptors (Lipinski definition) is 5. The van der Waals surface area contributed by atoms with Crippen LogP contribution in [0.1, 0.15) is 35.2 Å². The fourth-order valence-corrected chi connectivity index (χ4v) is 5.01. The van der Waals surface area contributed by atoms with Crippen LogP contribution in [0.4, 0.5) is 19.1 Å². The molecule has 0 saturated carbocycles. The molecule has 0 bridgehead atoms. The maximum atomic E-state index is 13.7. The largest absolute Gasteiger partial charge is 0.416 e. The fraction of sp³-hybridized carbons (Fsp3) is 0.147. The van der Waals surface area contributed by atoms with Crippen molar-refractivity contribution in [1.29, 1.82) is 0 Å². The third-order valence-corrected chi connectivity index (χ3v) is 7.19. The van der Waals surface area contributed by atoms with Crippen LogP contribution in [0, 0.1) is 0 Å². The first kappa shape index (κ1) is 28.1. The van der Waals surface area contributed by atoms with E-state index in [4.69, 9.17) is 9.97 Å². The van der Waals surface area contributed by atoms with Crippen LogP contribution in [0.15, 0.2) is 116 Å². The summed E-state index contributed by atoms with van der Waals surface area (Å²) in [6.45, 7) is 3.31. The van der Waals surface area contributed by atoms with Gasteiger partial charge in [-0.3, -0.25) is 4.40 Å². The summed E-state index contributed by atoms with van der Waals surface area (Å²) in [6, 6.07) is 30.8. The van der Waals surface area contributed by atoms with Crippen molar-refractivity contribution < 1.29 is 13.2 Å². The third-order valence-electron chi connectivity index (χ3n) is 7.19. The minimum Gasteiger partial charge on any atom is -0.348 e. The van der Waals surface area contributed by atoms with Crippen molar-refractivity contribution in [2.75, 3.05) is 5.32 Å². The summed E-state index contributed by atoms with van der Waals surface area (Å²) in [6.07, 6.45) is -0.885. The summed E-state index contributed by atoms with van der Waals surface area (Å²) < 4.78 is 42.9. The van der Waals surface area contributed by atoms with E-state index in [9.17, 15) is 13.2 Å². The van der Waals surface area contributed by atoms with Crippen molar-refractivity contribution in [3.63, 3.8) is 0 Å². The lowest BCUT2D eigenvalue weighted by atomic mass is 10.0. The number of fused-ring (bicyclic) bond motifs is 1. The number of halogens is 3. The molecule has 3 aromatic carbocycles. The molecule has 0 amide bonds. The lowest BCUT2D eigenvalue weighted by Crippen LogP contribution is -2.13. The predicted octanol–water partition coefficient (Wildman–Crippen LogP) is 7.94. The summed E-state index contributed by atoms with van der Waals surface area (Å²) in [5.41, 5.74) is 4.96. The Morgan fingerprint density at radius 2 is 1.53 bits per heavy atom. The van der Waals surface area contributed by atoms with Gasteiger partial charge in [-0.05, 0) is 47.9 Å². The summed E-state index contributed by atoms with van der Waals surface area (Å²) in [7, 11) is 0. The number of imidazole rings is 1. The number of nitrogens with one attached hydrogen (secondary N) is 2. The Bertz CT molecular complexity index is 1830. The second-order valence-electron chi connectivity index (χ2n) is 10.3. The highest BCUT2D eigenvalue weighted by atomic mass is 19.4. The first-order valence-corrected chi connectivity index (χ1v) is 13.9. The van der Waals surface area contributed by atoms with Crippen LogP contribution in [0.25, 0.3) is 28.3 Å². The monoisotopic (exact) mass is 578 g/mol. The highest BCUT2D eigenvalue weighted by Gasteiger charge is 2.31. The van der Waals surface area contributed by atoms with Gasteiger partial charge < -0.3 is 10.6 Å². The molecular weight excluding hydrogens is 549 g/mol. The van der Waals surface area contributed by atoms with Crippen molar-refractivity contribution in [2.24, 2.45) is 0 Å². The molecule has 3 aromatic heterocycles. The first-order valence-electron chi connectivity index (χ1n) is 13.9. The van der Waals surface area contributed by atoms with E-state index in [-0.39, 0.29) is 6.04 Å². The molecule has 1 atom stereocenters. The minimum absolute atomic E-state index is 0.0659.